The number of benzene rings is 2. The number of hydrogen-bond donors (Lipinski definition) is 2. The standard InChI is InChI=1S/C15H15N3O2S/c16-9-12-4-6-13(7-5-12)11-21(19,20)18-10-14-2-1-3-15(17)8-14/h1-8,18H,10-11,17H2. The number of nitrogen functional groups attached to an aromatic ring is 1. The predicted molar refractivity (Wildman–Crippen MR) is 81.5 cm³/mol. The molecule has 0 saturated carbocycles. The molecule has 3 N–H and O–H groups in total. The van der Waals surface area contributed by atoms with Gasteiger partial charge >= 0.3 is 0 Å². The van der Waals surface area contributed by atoms with Gasteiger partial charge in [0, 0.05) is 12.2 Å². The van der Waals surface area contributed by atoms with Crippen LogP contribution in [0.2, 0.25) is 0 Å². The molecule has 0 saturated heterocycles. The molecule has 0 unspecified atom stereocenters. The molecule has 6 heteroatoms. The van der Waals surface area contributed by atoms with Crippen molar-refractivity contribution < 1.29 is 8.42 Å². The zero-order valence-corrected chi connectivity index (χ0v) is 12.1. The Morgan fingerprint density at radius 2 is 1.81 bits per heavy atom. The molecular weight excluding hydrogens is 286 g/mol. The van der Waals surface area contributed by atoms with E-state index in [-0.39, 0.29) is 12.3 Å². The lowest BCUT2D eigenvalue weighted by atomic mass is 10.2. The Balaban J connectivity index is 2.00. The van der Waals surface area contributed by atoms with Crippen molar-refractivity contribution in [2.45, 2.75) is 12.3 Å². The molecule has 0 radical (unpaired) electrons. The summed E-state index contributed by atoms with van der Waals surface area (Å²) in [7, 11) is -3.44. The molecule has 0 heterocycles. The minimum Gasteiger partial charge on any atom is -0.399 e. The Morgan fingerprint density at radius 1 is 1.10 bits per heavy atom. The maximum Gasteiger partial charge on any atom is 0.216 e. The average Bonchev–Trinajstić information content (AvgIpc) is 2.46. The van der Waals surface area contributed by atoms with Gasteiger partial charge in [0.05, 0.1) is 17.4 Å². The molecular formula is C15H15N3O2S. The summed E-state index contributed by atoms with van der Waals surface area (Å²) in [5.41, 5.74) is 8.18. The van der Waals surface area contributed by atoms with E-state index in [0.29, 0.717) is 16.8 Å². The van der Waals surface area contributed by atoms with Gasteiger partial charge in [0.1, 0.15) is 0 Å². The zero-order chi connectivity index (χ0) is 15.3. The number of nitrogens with two attached hydrogens (primary N) is 1. The maximum atomic E-state index is 12.0. The highest BCUT2D eigenvalue weighted by Crippen LogP contribution is 2.09. The van der Waals surface area contributed by atoms with Crippen LogP contribution in [0, 0.1) is 11.3 Å². The molecule has 2 aromatic rings. The third-order valence-corrected chi connectivity index (χ3v) is 4.18. The summed E-state index contributed by atoms with van der Waals surface area (Å²) in [6.45, 7) is 0.198. The lowest BCUT2D eigenvalue weighted by Gasteiger charge is -2.07. The highest BCUT2D eigenvalue weighted by Gasteiger charge is 2.11. The number of nitrogens with one attached hydrogen (secondary N) is 1. The van der Waals surface area contributed by atoms with Crippen LogP contribution in [0.1, 0.15) is 16.7 Å². The van der Waals surface area contributed by atoms with E-state index in [1.165, 1.54) is 0 Å². The first-order chi connectivity index (χ1) is 9.98. The van der Waals surface area contributed by atoms with Gasteiger partial charge in [-0.05, 0) is 35.4 Å². The Morgan fingerprint density at radius 3 is 2.43 bits per heavy atom. The number of nitrogens with zero attached hydrogens (tertiary/aromatic N) is 1. The van der Waals surface area contributed by atoms with Crippen molar-refractivity contribution in [3.05, 3.63) is 65.2 Å². The third kappa shape index (κ3) is 4.60. The SMILES string of the molecule is N#Cc1ccc(CS(=O)(=O)NCc2cccc(N)c2)cc1. The highest BCUT2D eigenvalue weighted by atomic mass is 32.2. The van der Waals surface area contributed by atoms with E-state index in [0.717, 1.165) is 5.56 Å². The van der Waals surface area contributed by atoms with Gasteiger partial charge < -0.3 is 5.73 Å². The van der Waals surface area contributed by atoms with Crippen molar-refractivity contribution in [3.63, 3.8) is 0 Å². The predicted octanol–water partition coefficient (Wildman–Crippen LogP) is 1.76. The molecule has 0 aromatic heterocycles. The first kappa shape index (κ1) is 15.0. The van der Waals surface area contributed by atoms with Gasteiger partial charge in [-0.25, -0.2) is 13.1 Å². The van der Waals surface area contributed by atoms with Crippen molar-refractivity contribution in [1.82, 2.24) is 4.72 Å². The Kier molecular flexibility index (Phi) is 4.58. The van der Waals surface area contributed by atoms with E-state index >= 15 is 0 Å². The van der Waals surface area contributed by atoms with Crippen molar-refractivity contribution in [2.75, 3.05) is 5.73 Å². The van der Waals surface area contributed by atoms with Crippen molar-refractivity contribution in [1.29, 1.82) is 5.26 Å². The van der Waals surface area contributed by atoms with E-state index in [4.69, 9.17) is 11.0 Å². The molecule has 0 aliphatic carbocycles. The summed E-state index contributed by atoms with van der Waals surface area (Å²) >= 11 is 0. The molecule has 0 bridgehead atoms. The van der Waals surface area contributed by atoms with Crippen molar-refractivity contribution >= 4 is 15.7 Å². The van der Waals surface area contributed by atoms with Crippen LogP contribution in [0.4, 0.5) is 5.69 Å². The van der Waals surface area contributed by atoms with Gasteiger partial charge in [-0.1, -0.05) is 24.3 Å². The van der Waals surface area contributed by atoms with Crippen LogP contribution >= 0.6 is 0 Å². The summed E-state index contributed by atoms with van der Waals surface area (Å²) in [5, 5.41) is 8.70. The van der Waals surface area contributed by atoms with Crippen LogP contribution in [0.25, 0.3) is 0 Å². The summed E-state index contributed by atoms with van der Waals surface area (Å²) in [6.07, 6.45) is 0. The monoisotopic (exact) mass is 301 g/mol. The van der Waals surface area contributed by atoms with Crippen LogP contribution in [0.15, 0.2) is 48.5 Å². The van der Waals surface area contributed by atoms with E-state index in [1.807, 2.05) is 6.07 Å². The summed E-state index contributed by atoms with van der Waals surface area (Å²) in [6, 6.07) is 15.5. The fourth-order valence-electron chi connectivity index (χ4n) is 1.84. The molecule has 0 aliphatic rings. The van der Waals surface area contributed by atoms with Gasteiger partial charge in [-0.15, -0.1) is 0 Å². The summed E-state index contributed by atoms with van der Waals surface area (Å²) in [5.74, 6) is -0.124. The molecule has 0 fully saturated rings. The second-order valence-corrected chi connectivity index (χ2v) is 6.44. The van der Waals surface area contributed by atoms with Crippen molar-refractivity contribution in [3.8, 4) is 6.07 Å². The normalized spacial score (nSPS) is 11.0. The van der Waals surface area contributed by atoms with Crippen LogP contribution < -0.4 is 10.5 Å². The van der Waals surface area contributed by atoms with Crippen LogP contribution in [0.3, 0.4) is 0 Å². The number of anilines is 1. The minimum atomic E-state index is -3.44. The molecule has 0 amide bonds. The number of nitriles is 1. The Bertz CT molecular complexity index is 762. The van der Waals surface area contributed by atoms with Crippen LogP contribution in [-0.2, 0) is 22.3 Å². The highest BCUT2D eigenvalue weighted by molar-refractivity contribution is 7.88. The summed E-state index contributed by atoms with van der Waals surface area (Å²) < 4.78 is 26.5. The molecule has 0 spiro atoms. The minimum absolute atomic E-state index is 0.124. The van der Waals surface area contributed by atoms with Gasteiger partial charge in [-0.3, -0.25) is 0 Å². The average molecular weight is 301 g/mol. The second-order valence-electron chi connectivity index (χ2n) is 4.63. The van der Waals surface area contributed by atoms with E-state index < -0.39 is 10.0 Å². The fourth-order valence-corrected chi connectivity index (χ4v) is 2.96. The van der Waals surface area contributed by atoms with E-state index in [9.17, 15) is 8.42 Å². The number of rotatable bonds is 5. The molecule has 21 heavy (non-hydrogen) atoms. The lowest BCUT2D eigenvalue weighted by Crippen LogP contribution is -2.24. The largest absolute Gasteiger partial charge is 0.399 e. The molecule has 0 aliphatic heterocycles. The van der Waals surface area contributed by atoms with Gasteiger partial charge in [-0.2, -0.15) is 5.26 Å². The first-order valence-electron chi connectivity index (χ1n) is 6.29. The first-order valence-corrected chi connectivity index (χ1v) is 7.94. The van der Waals surface area contributed by atoms with E-state index in [1.54, 1.807) is 48.5 Å². The molecule has 108 valence electrons. The summed E-state index contributed by atoms with van der Waals surface area (Å²) in [4.78, 5) is 0. The van der Waals surface area contributed by atoms with E-state index in [2.05, 4.69) is 4.72 Å². The lowest BCUT2D eigenvalue weighted by molar-refractivity contribution is 0.580. The maximum absolute atomic E-state index is 12.0. The molecule has 5 nitrogen and oxygen atoms in total. The zero-order valence-electron chi connectivity index (χ0n) is 11.3. The smallest absolute Gasteiger partial charge is 0.216 e. The molecule has 0 atom stereocenters. The van der Waals surface area contributed by atoms with Gasteiger partial charge in [0.25, 0.3) is 0 Å². The quantitative estimate of drug-likeness (QED) is 0.822. The van der Waals surface area contributed by atoms with Crippen molar-refractivity contribution in [2.24, 2.45) is 0 Å². The second kappa shape index (κ2) is 6.39. The fraction of sp³-hybridized carbons (Fsp3) is 0.133. The Labute approximate surface area is 124 Å². The number of hydrogen-bond acceptors (Lipinski definition) is 4. The van der Waals surface area contributed by atoms with Gasteiger partial charge in [0.2, 0.25) is 10.0 Å². The Hall–Kier alpha value is -2.36. The van der Waals surface area contributed by atoms with Gasteiger partial charge in [0.15, 0.2) is 0 Å². The third-order valence-electron chi connectivity index (χ3n) is 2.89. The molecule has 2 rings (SSSR count). The van der Waals surface area contributed by atoms with Crippen LogP contribution in [-0.4, -0.2) is 8.42 Å². The molecule has 2 aromatic carbocycles. The van der Waals surface area contributed by atoms with Crippen LogP contribution in [0.5, 0.6) is 0 Å². The number of sulfonamides is 1. The topological polar surface area (TPSA) is 96.0 Å².